The fraction of sp³-hybridized carbons (Fsp3) is 0.455. The second-order valence-corrected chi connectivity index (χ2v) is 9.85. The van der Waals surface area contributed by atoms with E-state index in [1.165, 1.54) is 12.1 Å². The van der Waals surface area contributed by atoms with Gasteiger partial charge in [0.25, 0.3) is 0 Å². The summed E-state index contributed by atoms with van der Waals surface area (Å²) < 4.78 is 72.3. The topological polar surface area (TPSA) is 104 Å². The maximum Gasteiger partial charge on any atom is 0.573 e. The van der Waals surface area contributed by atoms with Gasteiger partial charge in [0.15, 0.2) is 0 Å². The van der Waals surface area contributed by atoms with Crippen molar-refractivity contribution >= 4 is 15.9 Å². The van der Waals surface area contributed by atoms with E-state index in [9.17, 15) is 31.6 Å². The molecule has 1 saturated heterocycles. The number of amides is 1. The molecule has 2 aromatic rings. The minimum absolute atomic E-state index is 0.00419. The average Bonchev–Trinajstić information content (AvgIpc) is 3.23. The van der Waals surface area contributed by atoms with Crippen molar-refractivity contribution in [2.75, 3.05) is 13.1 Å². The van der Waals surface area contributed by atoms with Crippen LogP contribution in [0.3, 0.4) is 0 Å². The molecule has 1 fully saturated rings. The summed E-state index contributed by atoms with van der Waals surface area (Å²) in [7, 11) is -4.56. The molecule has 34 heavy (non-hydrogen) atoms. The second kappa shape index (κ2) is 10.5. The third-order valence-electron chi connectivity index (χ3n) is 5.66. The van der Waals surface area contributed by atoms with Crippen molar-refractivity contribution in [3.8, 4) is 11.8 Å². The third-order valence-corrected chi connectivity index (χ3v) is 7.17. The summed E-state index contributed by atoms with van der Waals surface area (Å²) >= 11 is 0. The molecule has 2 heterocycles. The van der Waals surface area contributed by atoms with Gasteiger partial charge in [0.05, 0.1) is 0 Å². The van der Waals surface area contributed by atoms with Crippen molar-refractivity contribution in [1.82, 2.24) is 14.2 Å². The minimum Gasteiger partial charge on any atom is -0.404 e. The van der Waals surface area contributed by atoms with Gasteiger partial charge < -0.3 is 14.2 Å². The monoisotopic (exact) mass is 498 g/mol. The lowest BCUT2D eigenvalue weighted by Gasteiger charge is -2.33. The Labute approximate surface area is 196 Å². The summed E-state index contributed by atoms with van der Waals surface area (Å²) in [5.74, 6) is -0.920. The molecule has 0 aliphatic carbocycles. The Bertz CT molecular complexity index is 1150. The fourth-order valence-corrected chi connectivity index (χ4v) is 5.15. The Morgan fingerprint density at radius 2 is 1.91 bits per heavy atom. The molecule has 0 bridgehead atoms. The second-order valence-electron chi connectivity index (χ2n) is 8.16. The standard InChI is InChI=1S/C22H25F3N4O4S/c1-16-8-12-29(13-9-16)21(30)18(10-14-28-11-4-5-17(28)15-26)27-34(31,32)20-7-3-2-6-19(20)33-22(23,24)25/h2-7,11,16,18,27H,8-10,12-14H2,1H3. The lowest BCUT2D eigenvalue weighted by Crippen LogP contribution is -2.51. The van der Waals surface area contributed by atoms with Gasteiger partial charge >= 0.3 is 6.36 Å². The van der Waals surface area contributed by atoms with Crippen molar-refractivity contribution < 1.29 is 31.1 Å². The predicted octanol–water partition coefficient (Wildman–Crippen LogP) is 3.25. The van der Waals surface area contributed by atoms with Crippen LogP contribution in [-0.4, -0.2) is 49.3 Å². The number of halogens is 3. The van der Waals surface area contributed by atoms with E-state index in [0.29, 0.717) is 24.7 Å². The highest BCUT2D eigenvalue weighted by atomic mass is 32.2. The number of hydrogen-bond donors (Lipinski definition) is 1. The number of aryl methyl sites for hydroxylation is 1. The number of sulfonamides is 1. The molecule has 1 aromatic heterocycles. The number of carbonyl (C=O) groups is 1. The number of likely N-dealkylation sites (tertiary alicyclic amines) is 1. The number of ether oxygens (including phenoxy) is 1. The SMILES string of the molecule is CC1CCN(C(=O)C(CCn2cccc2C#N)NS(=O)(=O)c2ccccc2OC(F)(F)F)CC1. The number of alkyl halides is 3. The molecule has 1 N–H and O–H groups in total. The highest BCUT2D eigenvalue weighted by Crippen LogP contribution is 2.29. The summed E-state index contributed by atoms with van der Waals surface area (Å²) in [5, 5.41) is 9.21. The average molecular weight is 499 g/mol. The molecule has 0 saturated carbocycles. The number of carbonyl (C=O) groups excluding carboxylic acids is 1. The molecule has 1 aromatic carbocycles. The first-order chi connectivity index (χ1) is 16.0. The van der Waals surface area contributed by atoms with Crippen LogP contribution >= 0.6 is 0 Å². The van der Waals surface area contributed by atoms with Crippen molar-refractivity contribution in [2.45, 2.75) is 50.0 Å². The van der Waals surface area contributed by atoms with Crippen molar-refractivity contribution in [1.29, 1.82) is 5.26 Å². The fourth-order valence-electron chi connectivity index (χ4n) is 3.79. The molecular formula is C22H25F3N4O4S. The molecular weight excluding hydrogens is 473 g/mol. The predicted molar refractivity (Wildman–Crippen MR) is 116 cm³/mol. The maximum absolute atomic E-state index is 13.3. The normalized spacial score (nSPS) is 16.1. The molecule has 0 radical (unpaired) electrons. The molecule has 1 amide bonds. The van der Waals surface area contributed by atoms with E-state index in [4.69, 9.17) is 0 Å². The summed E-state index contributed by atoms with van der Waals surface area (Å²) in [6, 6.07) is 8.34. The van der Waals surface area contributed by atoms with Crippen molar-refractivity contribution in [2.24, 2.45) is 5.92 Å². The zero-order valence-electron chi connectivity index (χ0n) is 18.5. The third kappa shape index (κ3) is 6.51. The van der Waals surface area contributed by atoms with Crippen LogP contribution in [0.4, 0.5) is 13.2 Å². The summed E-state index contributed by atoms with van der Waals surface area (Å²) in [4.78, 5) is 14.1. The van der Waals surface area contributed by atoms with Gasteiger partial charge in [0.1, 0.15) is 28.4 Å². The molecule has 184 valence electrons. The number of aromatic nitrogens is 1. The van der Waals surface area contributed by atoms with Gasteiger partial charge in [0, 0.05) is 25.8 Å². The zero-order valence-corrected chi connectivity index (χ0v) is 19.3. The van der Waals surface area contributed by atoms with Gasteiger partial charge in [-0.25, -0.2) is 8.42 Å². The Balaban J connectivity index is 1.87. The smallest absolute Gasteiger partial charge is 0.404 e. The number of nitriles is 1. The van der Waals surface area contributed by atoms with Gasteiger partial charge in [-0.15, -0.1) is 13.2 Å². The van der Waals surface area contributed by atoms with E-state index in [0.717, 1.165) is 25.0 Å². The van der Waals surface area contributed by atoms with Crippen LogP contribution in [0.5, 0.6) is 5.75 Å². The maximum atomic E-state index is 13.3. The van der Waals surface area contributed by atoms with Crippen molar-refractivity contribution in [3.63, 3.8) is 0 Å². The van der Waals surface area contributed by atoms with E-state index in [-0.39, 0.29) is 13.0 Å². The largest absolute Gasteiger partial charge is 0.573 e. The summed E-state index contributed by atoms with van der Waals surface area (Å²) in [6.45, 7) is 3.13. The molecule has 0 spiro atoms. The molecule has 1 unspecified atom stereocenters. The van der Waals surface area contributed by atoms with E-state index in [1.807, 2.05) is 6.07 Å². The molecule has 8 nitrogen and oxygen atoms in total. The number of nitrogens with one attached hydrogen (secondary N) is 1. The molecule has 1 aliphatic heterocycles. The first-order valence-electron chi connectivity index (χ1n) is 10.7. The number of nitrogens with zero attached hydrogens (tertiary/aromatic N) is 3. The Morgan fingerprint density at radius 1 is 1.24 bits per heavy atom. The Morgan fingerprint density at radius 3 is 2.56 bits per heavy atom. The van der Waals surface area contributed by atoms with Crippen LogP contribution in [0.15, 0.2) is 47.5 Å². The van der Waals surface area contributed by atoms with Gasteiger partial charge in [-0.2, -0.15) is 9.98 Å². The first-order valence-corrected chi connectivity index (χ1v) is 12.2. The lowest BCUT2D eigenvalue weighted by molar-refractivity contribution is -0.275. The van der Waals surface area contributed by atoms with Gasteiger partial charge in [-0.05, 0) is 49.4 Å². The number of hydrogen-bond acceptors (Lipinski definition) is 5. The van der Waals surface area contributed by atoms with Crippen molar-refractivity contribution in [3.05, 3.63) is 48.3 Å². The van der Waals surface area contributed by atoms with Crippen LogP contribution in [0.2, 0.25) is 0 Å². The molecule has 1 aliphatic rings. The van der Waals surface area contributed by atoms with Crippen LogP contribution in [-0.2, 0) is 21.4 Å². The van der Waals surface area contributed by atoms with Gasteiger partial charge in [0.2, 0.25) is 15.9 Å². The molecule has 1 atom stereocenters. The van der Waals surface area contributed by atoms with E-state index in [1.54, 1.807) is 27.8 Å². The van der Waals surface area contributed by atoms with Crippen LogP contribution < -0.4 is 9.46 Å². The zero-order chi connectivity index (χ0) is 24.9. The Kier molecular flexibility index (Phi) is 7.89. The quantitative estimate of drug-likeness (QED) is 0.602. The highest BCUT2D eigenvalue weighted by molar-refractivity contribution is 7.89. The number of rotatable bonds is 8. The minimum atomic E-state index is -5.09. The van der Waals surface area contributed by atoms with E-state index in [2.05, 4.69) is 16.4 Å². The van der Waals surface area contributed by atoms with E-state index >= 15 is 0 Å². The van der Waals surface area contributed by atoms with E-state index < -0.39 is 39.0 Å². The van der Waals surface area contributed by atoms with Crippen LogP contribution in [0.1, 0.15) is 31.9 Å². The van der Waals surface area contributed by atoms with Gasteiger partial charge in [-0.1, -0.05) is 19.1 Å². The van der Waals surface area contributed by atoms with Gasteiger partial charge in [-0.3, -0.25) is 4.79 Å². The number of para-hydroxylation sites is 1. The number of piperidine rings is 1. The number of benzene rings is 1. The van der Waals surface area contributed by atoms with Crippen LogP contribution in [0.25, 0.3) is 0 Å². The Hall–Kier alpha value is -3.04. The highest BCUT2D eigenvalue weighted by Gasteiger charge is 2.36. The first kappa shape index (κ1) is 25.6. The summed E-state index contributed by atoms with van der Waals surface area (Å²) in [6.07, 6.45) is -1.93. The summed E-state index contributed by atoms with van der Waals surface area (Å²) in [5.41, 5.74) is 0.338. The lowest BCUT2D eigenvalue weighted by atomic mass is 9.98. The molecule has 3 rings (SSSR count). The molecule has 12 heteroatoms. The van der Waals surface area contributed by atoms with Crippen LogP contribution in [0, 0.1) is 17.2 Å².